The molecule has 2 aromatic carbocycles. The van der Waals surface area contributed by atoms with E-state index in [1.54, 1.807) is 0 Å². The van der Waals surface area contributed by atoms with Gasteiger partial charge in [-0.15, -0.1) is 0 Å². The highest BCUT2D eigenvalue weighted by Gasteiger charge is 2.28. The van der Waals surface area contributed by atoms with E-state index < -0.39 is 19.9 Å². The van der Waals surface area contributed by atoms with Crippen LogP contribution in [0.15, 0.2) is 57.2 Å². The van der Waals surface area contributed by atoms with E-state index in [0.29, 0.717) is 13.2 Å². The number of rotatable bonds is 4. The van der Waals surface area contributed by atoms with E-state index in [1.165, 1.54) is 40.7 Å². The third-order valence-corrected chi connectivity index (χ3v) is 8.31. The number of nitrogens with zero attached hydrogens (tertiary/aromatic N) is 1. The van der Waals surface area contributed by atoms with E-state index in [9.17, 15) is 16.8 Å². The van der Waals surface area contributed by atoms with Gasteiger partial charge in [0, 0.05) is 13.1 Å². The zero-order chi connectivity index (χ0) is 18.9. The highest BCUT2D eigenvalue weighted by molar-refractivity contribution is 7.91. The van der Waals surface area contributed by atoms with Crippen LogP contribution < -0.4 is 0 Å². The Bertz CT molecular complexity index is 1030. The number of ether oxygens (including phenoxy) is 1. The number of sulfone groups is 1. The summed E-state index contributed by atoms with van der Waals surface area (Å²) in [6.45, 7) is 1.07. The molecule has 0 N–H and O–H groups in total. The summed E-state index contributed by atoms with van der Waals surface area (Å²) in [4.78, 5) is -0.279. The molecule has 1 aliphatic heterocycles. The number of hydrogen-bond acceptors (Lipinski definition) is 5. The number of halogens is 2. The molecule has 10 heteroatoms. The minimum absolute atomic E-state index is 0.0622. The lowest BCUT2D eigenvalue weighted by molar-refractivity contribution is 0.0730. The van der Waals surface area contributed by atoms with Gasteiger partial charge >= 0.3 is 0 Å². The molecule has 1 saturated heterocycles. The van der Waals surface area contributed by atoms with Gasteiger partial charge in [-0.2, -0.15) is 4.31 Å². The molecular weight excluding hydrogens is 421 g/mol. The minimum atomic E-state index is -3.94. The molecule has 3 rings (SSSR count). The first-order valence-corrected chi connectivity index (χ1v) is 11.3. The average Bonchev–Trinajstić information content (AvgIpc) is 2.64. The molecule has 0 aromatic heterocycles. The zero-order valence-corrected chi connectivity index (χ0v) is 16.6. The fourth-order valence-electron chi connectivity index (χ4n) is 2.52. The lowest BCUT2D eigenvalue weighted by atomic mass is 10.4. The van der Waals surface area contributed by atoms with Gasteiger partial charge < -0.3 is 4.74 Å². The van der Waals surface area contributed by atoms with Crippen LogP contribution in [0.25, 0.3) is 0 Å². The molecule has 0 bridgehead atoms. The standard InChI is InChI=1S/C16H15Cl2NO5S2/c17-15-5-4-13(11-16(15)18)25(20,21)12-2-1-3-14(10-12)26(22,23)19-6-8-24-9-7-19/h1-5,10-11H,6-9H2. The van der Waals surface area contributed by atoms with Crippen molar-refractivity contribution in [3.05, 3.63) is 52.5 Å². The van der Waals surface area contributed by atoms with Crippen molar-refractivity contribution < 1.29 is 21.6 Å². The monoisotopic (exact) mass is 435 g/mol. The maximum Gasteiger partial charge on any atom is 0.243 e. The van der Waals surface area contributed by atoms with E-state index in [2.05, 4.69) is 0 Å². The van der Waals surface area contributed by atoms with Crippen molar-refractivity contribution in [3.8, 4) is 0 Å². The molecular formula is C16H15Cl2NO5S2. The van der Waals surface area contributed by atoms with Crippen LogP contribution in [0.2, 0.25) is 10.0 Å². The molecule has 1 aliphatic rings. The fraction of sp³-hybridized carbons (Fsp3) is 0.250. The molecule has 0 spiro atoms. The Kier molecular flexibility index (Phi) is 5.62. The van der Waals surface area contributed by atoms with Gasteiger partial charge in [0.25, 0.3) is 0 Å². The lowest BCUT2D eigenvalue weighted by Gasteiger charge is -2.26. The lowest BCUT2D eigenvalue weighted by Crippen LogP contribution is -2.40. The van der Waals surface area contributed by atoms with Gasteiger partial charge in [0.05, 0.1) is 37.9 Å². The summed E-state index contributed by atoms with van der Waals surface area (Å²) in [5, 5.41) is 0.332. The van der Waals surface area contributed by atoms with Crippen LogP contribution in [0.3, 0.4) is 0 Å². The quantitative estimate of drug-likeness (QED) is 0.737. The highest BCUT2D eigenvalue weighted by atomic mass is 35.5. The first kappa shape index (κ1) is 19.6. The number of morpholine rings is 1. The van der Waals surface area contributed by atoms with Crippen molar-refractivity contribution in [1.82, 2.24) is 4.31 Å². The number of benzene rings is 2. The van der Waals surface area contributed by atoms with Crippen LogP contribution in [-0.2, 0) is 24.6 Å². The van der Waals surface area contributed by atoms with E-state index in [-0.39, 0.29) is 37.8 Å². The van der Waals surface area contributed by atoms with Gasteiger partial charge in [-0.1, -0.05) is 29.3 Å². The average molecular weight is 436 g/mol. The predicted molar refractivity (Wildman–Crippen MR) is 97.9 cm³/mol. The van der Waals surface area contributed by atoms with Gasteiger partial charge in [0.2, 0.25) is 19.9 Å². The number of hydrogen-bond donors (Lipinski definition) is 0. The molecule has 1 fully saturated rings. The van der Waals surface area contributed by atoms with Gasteiger partial charge in [-0.05, 0) is 36.4 Å². The molecule has 2 aromatic rings. The van der Waals surface area contributed by atoms with Gasteiger partial charge in [0.15, 0.2) is 0 Å². The largest absolute Gasteiger partial charge is 0.379 e. The van der Waals surface area contributed by atoms with Crippen LogP contribution in [0, 0.1) is 0 Å². The van der Waals surface area contributed by atoms with Crippen LogP contribution in [0.1, 0.15) is 0 Å². The zero-order valence-electron chi connectivity index (χ0n) is 13.4. The Hall–Kier alpha value is -1.16. The van der Waals surface area contributed by atoms with E-state index in [4.69, 9.17) is 27.9 Å². The third-order valence-electron chi connectivity index (χ3n) is 3.92. The van der Waals surface area contributed by atoms with Crippen LogP contribution in [0.5, 0.6) is 0 Å². The minimum Gasteiger partial charge on any atom is -0.379 e. The normalized spacial score (nSPS) is 16.5. The second-order valence-electron chi connectivity index (χ2n) is 5.57. The van der Waals surface area contributed by atoms with E-state index in [0.717, 1.165) is 6.07 Å². The van der Waals surface area contributed by atoms with Crippen LogP contribution in [0.4, 0.5) is 0 Å². The summed E-state index contributed by atoms with van der Waals surface area (Å²) in [6.07, 6.45) is 0. The smallest absolute Gasteiger partial charge is 0.243 e. The van der Waals surface area contributed by atoms with Gasteiger partial charge in [-0.3, -0.25) is 0 Å². The first-order chi connectivity index (χ1) is 12.2. The topological polar surface area (TPSA) is 80.8 Å². The molecule has 0 saturated carbocycles. The molecule has 0 unspecified atom stereocenters. The Morgan fingerprint density at radius 1 is 0.808 bits per heavy atom. The summed E-state index contributed by atoms with van der Waals surface area (Å²) in [5.74, 6) is 0. The molecule has 1 heterocycles. The Morgan fingerprint density at radius 2 is 1.42 bits per heavy atom. The summed E-state index contributed by atoms with van der Waals surface area (Å²) >= 11 is 11.7. The van der Waals surface area contributed by atoms with Crippen molar-refractivity contribution in [1.29, 1.82) is 0 Å². The van der Waals surface area contributed by atoms with Gasteiger partial charge in [0.1, 0.15) is 0 Å². The third kappa shape index (κ3) is 3.76. The summed E-state index contributed by atoms with van der Waals surface area (Å²) < 4.78 is 57.6. The molecule has 140 valence electrons. The van der Waals surface area contributed by atoms with Crippen LogP contribution in [-0.4, -0.2) is 47.4 Å². The molecule has 0 amide bonds. The van der Waals surface area contributed by atoms with Crippen LogP contribution >= 0.6 is 23.2 Å². The highest BCUT2D eigenvalue weighted by Crippen LogP contribution is 2.29. The van der Waals surface area contributed by atoms with Gasteiger partial charge in [-0.25, -0.2) is 16.8 Å². The molecule has 0 aliphatic carbocycles. The van der Waals surface area contributed by atoms with Crippen molar-refractivity contribution in [2.24, 2.45) is 0 Å². The SMILES string of the molecule is O=S(=O)(c1cccc(S(=O)(=O)N2CCOCC2)c1)c1ccc(Cl)c(Cl)c1. The molecule has 6 nitrogen and oxygen atoms in total. The van der Waals surface area contributed by atoms with Crippen molar-refractivity contribution >= 4 is 43.1 Å². The second-order valence-corrected chi connectivity index (χ2v) is 10.3. The fourth-order valence-corrected chi connectivity index (χ4v) is 5.74. The Balaban J connectivity index is 2.02. The summed E-state index contributed by atoms with van der Waals surface area (Å²) in [7, 11) is -7.74. The van der Waals surface area contributed by atoms with Crippen molar-refractivity contribution in [2.45, 2.75) is 14.7 Å². The maximum atomic E-state index is 12.8. The summed E-state index contributed by atoms with van der Waals surface area (Å²) in [6, 6.07) is 9.22. The van der Waals surface area contributed by atoms with Crippen molar-refractivity contribution in [2.75, 3.05) is 26.3 Å². The van der Waals surface area contributed by atoms with E-state index in [1.807, 2.05) is 0 Å². The molecule has 0 radical (unpaired) electrons. The number of sulfonamides is 1. The maximum absolute atomic E-state index is 12.8. The second kappa shape index (κ2) is 7.46. The Morgan fingerprint density at radius 3 is 2.08 bits per heavy atom. The molecule has 26 heavy (non-hydrogen) atoms. The molecule has 0 atom stereocenters. The van der Waals surface area contributed by atoms with Crippen molar-refractivity contribution in [3.63, 3.8) is 0 Å². The Labute approximate surface area is 162 Å². The first-order valence-electron chi connectivity index (χ1n) is 7.61. The predicted octanol–water partition coefficient (Wildman–Crippen LogP) is 2.85. The van der Waals surface area contributed by atoms with E-state index >= 15 is 0 Å². The summed E-state index contributed by atoms with van der Waals surface area (Å²) in [5.41, 5.74) is 0.